The number of nitrogens with zero attached hydrogens (tertiary/aromatic N) is 3. The van der Waals surface area contributed by atoms with E-state index in [-0.39, 0.29) is 18.2 Å². The molecule has 1 aromatic carbocycles. The van der Waals surface area contributed by atoms with Gasteiger partial charge in [0.05, 0.1) is 0 Å². The predicted octanol–water partition coefficient (Wildman–Crippen LogP) is 3.86. The molecule has 2 amide bonds. The van der Waals surface area contributed by atoms with Gasteiger partial charge in [-0.2, -0.15) is 4.99 Å². The lowest BCUT2D eigenvalue weighted by molar-refractivity contribution is -0.127. The summed E-state index contributed by atoms with van der Waals surface area (Å²) in [7, 11) is 1.67. The first-order valence-electron chi connectivity index (χ1n) is 8.26. The molecular formula is C18H20N4O2S2. The van der Waals surface area contributed by atoms with Crippen LogP contribution in [0.25, 0.3) is 0 Å². The minimum Gasteiger partial charge on any atom is -0.326 e. The zero-order valence-electron chi connectivity index (χ0n) is 14.8. The van der Waals surface area contributed by atoms with Crippen molar-refractivity contribution in [1.29, 1.82) is 0 Å². The number of carbonyl (C=O) groups excluding carboxylic acids is 2. The van der Waals surface area contributed by atoms with Gasteiger partial charge in [-0.3, -0.25) is 14.5 Å². The predicted molar refractivity (Wildman–Crippen MR) is 107 cm³/mol. The van der Waals surface area contributed by atoms with E-state index in [0.717, 1.165) is 5.69 Å². The highest BCUT2D eigenvalue weighted by molar-refractivity contribution is 8.15. The molecule has 0 radical (unpaired) electrons. The summed E-state index contributed by atoms with van der Waals surface area (Å²) in [5.74, 6) is 0.144. The molecule has 136 valence electrons. The largest absolute Gasteiger partial charge is 0.326 e. The zero-order valence-corrected chi connectivity index (χ0v) is 16.4. The van der Waals surface area contributed by atoms with Gasteiger partial charge in [-0.15, -0.1) is 11.3 Å². The Hall–Kier alpha value is -2.19. The number of amidine groups is 1. The fraction of sp³-hybridized carbons (Fsp3) is 0.333. The second kappa shape index (κ2) is 8.01. The number of nitrogens with one attached hydrogen (secondary N) is 1. The highest BCUT2D eigenvalue weighted by Gasteiger charge is 2.37. The second-order valence-electron chi connectivity index (χ2n) is 6.24. The molecule has 0 spiro atoms. The summed E-state index contributed by atoms with van der Waals surface area (Å²) in [6.07, 6.45) is 1.78. The molecule has 1 atom stereocenters. The molecule has 26 heavy (non-hydrogen) atoms. The molecule has 3 rings (SSSR count). The molecule has 1 unspecified atom stereocenters. The van der Waals surface area contributed by atoms with Gasteiger partial charge in [0.2, 0.25) is 16.9 Å². The molecule has 0 saturated carbocycles. The second-order valence-corrected chi connectivity index (χ2v) is 8.28. The van der Waals surface area contributed by atoms with Crippen LogP contribution in [-0.2, 0) is 9.59 Å². The molecule has 2 aromatic rings. The normalized spacial score (nSPS) is 18.8. The minimum absolute atomic E-state index is 0.108. The van der Waals surface area contributed by atoms with Crippen molar-refractivity contribution in [3.05, 3.63) is 41.4 Å². The summed E-state index contributed by atoms with van der Waals surface area (Å²) in [6.45, 7) is 4.25. The standard InChI is InChI=1S/C18H20N4O2S2/c1-11(2)12-4-6-13(7-5-12)20-15(23)10-14-16(24)22(3)18(26-14)21-17-19-8-9-25-17/h4-9,11,14H,10H2,1-3H3,(H,20,23). The number of aromatic nitrogens is 1. The highest BCUT2D eigenvalue weighted by Crippen LogP contribution is 2.31. The van der Waals surface area contributed by atoms with E-state index in [1.54, 1.807) is 13.2 Å². The number of thiazole rings is 1. The lowest BCUT2D eigenvalue weighted by Crippen LogP contribution is -2.30. The van der Waals surface area contributed by atoms with Gasteiger partial charge >= 0.3 is 0 Å². The van der Waals surface area contributed by atoms with Crippen LogP contribution in [0.5, 0.6) is 0 Å². The van der Waals surface area contributed by atoms with E-state index in [4.69, 9.17) is 0 Å². The molecule has 1 aromatic heterocycles. The summed E-state index contributed by atoms with van der Waals surface area (Å²) in [4.78, 5) is 34.7. The Labute approximate surface area is 160 Å². The van der Waals surface area contributed by atoms with E-state index < -0.39 is 5.25 Å². The van der Waals surface area contributed by atoms with Crippen LogP contribution >= 0.6 is 23.1 Å². The maximum atomic E-state index is 12.4. The third-order valence-electron chi connectivity index (χ3n) is 3.98. The Morgan fingerprint density at radius 2 is 2.08 bits per heavy atom. The van der Waals surface area contributed by atoms with Crippen LogP contribution in [0.15, 0.2) is 40.8 Å². The Balaban J connectivity index is 1.61. The van der Waals surface area contributed by atoms with E-state index in [2.05, 4.69) is 29.1 Å². The lowest BCUT2D eigenvalue weighted by atomic mass is 10.0. The van der Waals surface area contributed by atoms with Crippen LogP contribution in [0.4, 0.5) is 10.8 Å². The summed E-state index contributed by atoms with van der Waals surface area (Å²) in [6, 6.07) is 7.78. The summed E-state index contributed by atoms with van der Waals surface area (Å²) in [5, 5.41) is 5.40. The van der Waals surface area contributed by atoms with E-state index in [0.29, 0.717) is 16.2 Å². The van der Waals surface area contributed by atoms with Gasteiger partial charge in [0.15, 0.2) is 5.17 Å². The number of anilines is 1. The zero-order chi connectivity index (χ0) is 18.7. The minimum atomic E-state index is -0.464. The van der Waals surface area contributed by atoms with Crippen LogP contribution in [0.1, 0.15) is 31.7 Å². The lowest BCUT2D eigenvalue weighted by Gasteiger charge is -2.10. The van der Waals surface area contributed by atoms with Gasteiger partial charge in [0, 0.05) is 30.7 Å². The number of carbonyl (C=O) groups is 2. The van der Waals surface area contributed by atoms with Gasteiger partial charge in [-0.05, 0) is 23.6 Å². The molecule has 1 fully saturated rings. The van der Waals surface area contributed by atoms with Crippen LogP contribution in [-0.4, -0.2) is 39.2 Å². The number of hydrogen-bond acceptors (Lipinski definition) is 6. The van der Waals surface area contributed by atoms with E-state index >= 15 is 0 Å². The quantitative estimate of drug-likeness (QED) is 0.844. The molecule has 1 aliphatic heterocycles. The highest BCUT2D eigenvalue weighted by atomic mass is 32.2. The molecule has 8 heteroatoms. The van der Waals surface area contributed by atoms with Gasteiger partial charge in [-0.25, -0.2) is 4.98 Å². The van der Waals surface area contributed by atoms with Gasteiger partial charge in [0.1, 0.15) is 5.25 Å². The number of hydrogen-bond donors (Lipinski definition) is 1. The van der Waals surface area contributed by atoms with E-state index in [1.165, 1.54) is 33.6 Å². The fourth-order valence-electron chi connectivity index (χ4n) is 2.48. The van der Waals surface area contributed by atoms with Gasteiger partial charge in [0.25, 0.3) is 0 Å². The van der Waals surface area contributed by atoms with Crippen molar-refractivity contribution in [2.45, 2.75) is 31.4 Å². The van der Waals surface area contributed by atoms with Crippen molar-refractivity contribution in [3.8, 4) is 0 Å². The third kappa shape index (κ3) is 4.31. The topological polar surface area (TPSA) is 74.7 Å². The van der Waals surface area contributed by atoms with Crippen molar-refractivity contribution in [3.63, 3.8) is 0 Å². The molecule has 0 bridgehead atoms. The molecule has 1 saturated heterocycles. The summed E-state index contributed by atoms with van der Waals surface area (Å²) >= 11 is 2.71. The number of rotatable bonds is 5. The SMILES string of the molecule is CC(C)c1ccc(NC(=O)CC2SC(=Nc3nccs3)N(C)C2=O)cc1. The van der Waals surface area contributed by atoms with Crippen molar-refractivity contribution in [2.24, 2.45) is 4.99 Å². The number of amides is 2. The van der Waals surface area contributed by atoms with E-state index in [9.17, 15) is 9.59 Å². The Morgan fingerprint density at radius 1 is 1.35 bits per heavy atom. The average Bonchev–Trinajstić information content (AvgIpc) is 3.20. The Kier molecular flexibility index (Phi) is 5.73. The van der Waals surface area contributed by atoms with Gasteiger partial charge < -0.3 is 5.32 Å². The molecule has 1 N–H and O–H groups in total. The molecule has 2 heterocycles. The third-order valence-corrected chi connectivity index (χ3v) is 5.88. The molecule has 6 nitrogen and oxygen atoms in total. The number of thioether (sulfide) groups is 1. The molecule has 0 aliphatic carbocycles. The molecule has 1 aliphatic rings. The number of benzene rings is 1. The average molecular weight is 389 g/mol. The van der Waals surface area contributed by atoms with Crippen LogP contribution in [0, 0.1) is 0 Å². The fourth-order valence-corrected chi connectivity index (χ4v) is 4.18. The van der Waals surface area contributed by atoms with Crippen LogP contribution in [0.2, 0.25) is 0 Å². The first kappa shape index (κ1) is 18.6. The smallest absolute Gasteiger partial charge is 0.242 e. The van der Waals surface area contributed by atoms with Crippen molar-refractivity contribution in [1.82, 2.24) is 9.88 Å². The van der Waals surface area contributed by atoms with Crippen LogP contribution < -0.4 is 5.32 Å². The maximum Gasteiger partial charge on any atom is 0.242 e. The van der Waals surface area contributed by atoms with E-state index in [1.807, 2.05) is 29.6 Å². The number of aliphatic imine (C=N–C) groups is 1. The Morgan fingerprint density at radius 3 is 2.69 bits per heavy atom. The summed E-state index contributed by atoms with van der Waals surface area (Å²) < 4.78 is 0. The van der Waals surface area contributed by atoms with Gasteiger partial charge in [-0.1, -0.05) is 37.7 Å². The first-order valence-corrected chi connectivity index (χ1v) is 10.0. The van der Waals surface area contributed by atoms with Crippen molar-refractivity contribution < 1.29 is 9.59 Å². The first-order chi connectivity index (χ1) is 12.4. The maximum absolute atomic E-state index is 12.4. The monoisotopic (exact) mass is 388 g/mol. The van der Waals surface area contributed by atoms with Crippen LogP contribution in [0.3, 0.4) is 0 Å². The molecular weight excluding hydrogens is 368 g/mol. The van der Waals surface area contributed by atoms with Crippen molar-refractivity contribution in [2.75, 3.05) is 12.4 Å². The summed E-state index contributed by atoms with van der Waals surface area (Å²) in [5.41, 5.74) is 1.95. The Bertz CT molecular complexity index is 816. The van der Waals surface area contributed by atoms with Crippen molar-refractivity contribution >= 4 is 50.9 Å².